The van der Waals surface area contributed by atoms with Crippen LogP contribution in [-0.2, 0) is 4.74 Å². The molecule has 22 heavy (non-hydrogen) atoms. The molecule has 0 unspecified atom stereocenters. The number of hydrogen-bond donors (Lipinski definition) is 0. The van der Waals surface area contributed by atoms with Gasteiger partial charge in [0, 0.05) is 5.39 Å². The van der Waals surface area contributed by atoms with E-state index in [9.17, 15) is 4.79 Å². The zero-order valence-electron chi connectivity index (χ0n) is 12.4. The van der Waals surface area contributed by atoms with Crippen molar-refractivity contribution in [3.8, 4) is 16.9 Å². The lowest BCUT2D eigenvalue weighted by atomic mass is 10.00. The average molecular weight is 293 g/mol. The van der Waals surface area contributed by atoms with Crippen LogP contribution in [0.5, 0.6) is 5.75 Å². The summed E-state index contributed by atoms with van der Waals surface area (Å²) in [6.45, 7) is 0. The van der Waals surface area contributed by atoms with E-state index in [2.05, 4.69) is 4.98 Å². The van der Waals surface area contributed by atoms with Gasteiger partial charge in [0.2, 0.25) is 0 Å². The number of methoxy groups -OCH3 is 2. The normalized spacial score (nSPS) is 10.5. The number of rotatable bonds is 3. The van der Waals surface area contributed by atoms with Gasteiger partial charge in [-0.15, -0.1) is 0 Å². The number of fused-ring (bicyclic) bond motifs is 1. The first-order valence-corrected chi connectivity index (χ1v) is 6.85. The van der Waals surface area contributed by atoms with Gasteiger partial charge in [-0.05, 0) is 35.4 Å². The topological polar surface area (TPSA) is 48.4 Å². The van der Waals surface area contributed by atoms with E-state index in [1.807, 2.05) is 48.5 Å². The Morgan fingerprint density at radius 3 is 2.45 bits per heavy atom. The Bertz CT molecular complexity index is 828. The zero-order valence-corrected chi connectivity index (χ0v) is 12.4. The molecule has 110 valence electrons. The molecule has 0 atom stereocenters. The van der Waals surface area contributed by atoms with Crippen LogP contribution in [0.2, 0.25) is 0 Å². The van der Waals surface area contributed by atoms with Crippen molar-refractivity contribution in [1.29, 1.82) is 0 Å². The molecule has 0 fully saturated rings. The van der Waals surface area contributed by atoms with E-state index in [0.29, 0.717) is 5.69 Å². The third-order valence-corrected chi connectivity index (χ3v) is 3.50. The van der Waals surface area contributed by atoms with Crippen molar-refractivity contribution < 1.29 is 14.3 Å². The van der Waals surface area contributed by atoms with Crippen LogP contribution in [0.15, 0.2) is 54.6 Å². The highest BCUT2D eigenvalue weighted by Gasteiger charge is 2.14. The number of aromatic nitrogens is 1. The van der Waals surface area contributed by atoms with E-state index in [1.54, 1.807) is 13.2 Å². The molecule has 2 aromatic carbocycles. The monoisotopic (exact) mass is 293 g/mol. The summed E-state index contributed by atoms with van der Waals surface area (Å²) in [5, 5.41) is 0.929. The fraction of sp³-hybridized carbons (Fsp3) is 0.111. The second kappa shape index (κ2) is 5.85. The fourth-order valence-corrected chi connectivity index (χ4v) is 2.40. The second-order valence-corrected chi connectivity index (χ2v) is 4.80. The van der Waals surface area contributed by atoms with Crippen LogP contribution < -0.4 is 4.74 Å². The van der Waals surface area contributed by atoms with Gasteiger partial charge in [-0.2, -0.15) is 0 Å². The summed E-state index contributed by atoms with van der Waals surface area (Å²) in [7, 11) is 2.98. The van der Waals surface area contributed by atoms with Crippen molar-refractivity contribution in [2.75, 3.05) is 14.2 Å². The summed E-state index contributed by atoms with van der Waals surface area (Å²) in [6.07, 6.45) is 0. The largest absolute Gasteiger partial charge is 0.497 e. The van der Waals surface area contributed by atoms with Crippen molar-refractivity contribution in [3.05, 3.63) is 60.3 Å². The van der Waals surface area contributed by atoms with Crippen molar-refractivity contribution in [2.24, 2.45) is 0 Å². The molecule has 0 amide bonds. The highest BCUT2D eigenvalue weighted by molar-refractivity contribution is 6.00. The Balaban J connectivity index is 2.32. The molecule has 1 aromatic heterocycles. The molecular weight excluding hydrogens is 278 g/mol. The van der Waals surface area contributed by atoms with Gasteiger partial charge < -0.3 is 9.47 Å². The first-order valence-electron chi connectivity index (χ1n) is 6.85. The lowest BCUT2D eigenvalue weighted by Crippen LogP contribution is -2.05. The molecule has 4 nitrogen and oxygen atoms in total. The minimum atomic E-state index is -0.449. The van der Waals surface area contributed by atoms with Crippen LogP contribution >= 0.6 is 0 Å². The lowest BCUT2D eigenvalue weighted by Gasteiger charge is -2.10. The molecule has 4 heteroatoms. The first kappa shape index (κ1) is 14.1. The maximum absolute atomic E-state index is 11.9. The number of carbonyl (C=O) groups excluding carboxylic acids is 1. The van der Waals surface area contributed by atoms with Crippen LogP contribution in [0, 0.1) is 0 Å². The smallest absolute Gasteiger partial charge is 0.356 e. The van der Waals surface area contributed by atoms with E-state index in [4.69, 9.17) is 9.47 Å². The molecule has 0 bridgehead atoms. The fourth-order valence-electron chi connectivity index (χ4n) is 2.40. The summed E-state index contributed by atoms with van der Waals surface area (Å²) in [4.78, 5) is 16.2. The van der Waals surface area contributed by atoms with Gasteiger partial charge in [-0.1, -0.05) is 30.3 Å². The highest BCUT2D eigenvalue weighted by atomic mass is 16.5. The third kappa shape index (κ3) is 2.51. The number of hydrogen-bond acceptors (Lipinski definition) is 4. The van der Waals surface area contributed by atoms with E-state index >= 15 is 0 Å². The van der Waals surface area contributed by atoms with Gasteiger partial charge >= 0.3 is 5.97 Å². The molecule has 0 saturated heterocycles. The molecule has 0 N–H and O–H groups in total. The van der Waals surface area contributed by atoms with E-state index in [1.165, 1.54) is 7.11 Å². The predicted octanol–water partition coefficient (Wildman–Crippen LogP) is 3.70. The first-order chi connectivity index (χ1) is 10.7. The SMILES string of the molecule is COC(=O)c1cc(-c2ccccc2)c2cc(OC)ccc2n1. The third-order valence-electron chi connectivity index (χ3n) is 3.50. The Morgan fingerprint density at radius 2 is 1.77 bits per heavy atom. The van der Waals surface area contributed by atoms with Crippen LogP contribution in [-0.4, -0.2) is 25.2 Å². The van der Waals surface area contributed by atoms with Crippen molar-refractivity contribution in [2.45, 2.75) is 0 Å². The quantitative estimate of drug-likeness (QED) is 0.691. The summed E-state index contributed by atoms with van der Waals surface area (Å²) in [5.74, 6) is 0.298. The molecular formula is C18H15NO3. The molecule has 0 aliphatic carbocycles. The molecule has 3 aromatic rings. The van der Waals surface area contributed by atoms with Gasteiger partial charge in [0.15, 0.2) is 0 Å². The summed E-state index contributed by atoms with van der Waals surface area (Å²) >= 11 is 0. The lowest BCUT2D eigenvalue weighted by molar-refractivity contribution is 0.0594. The van der Waals surface area contributed by atoms with E-state index < -0.39 is 5.97 Å². The van der Waals surface area contributed by atoms with Crippen LogP contribution in [0.4, 0.5) is 0 Å². The summed E-state index contributed by atoms with van der Waals surface area (Å²) in [5.41, 5.74) is 2.94. The molecule has 0 aliphatic heterocycles. The number of nitrogens with zero attached hydrogens (tertiary/aromatic N) is 1. The molecule has 0 radical (unpaired) electrons. The number of benzene rings is 2. The van der Waals surface area contributed by atoms with Gasteiger partial charge in [0.1, 0.15) is 11.4 Å². The Kier molecular flexibility index (Phi) is 3.74. The minimum absolute atomic E-state index is 0.291. The molecule has 0 spiro atoms. The number of carbonyl (C=O) groups is 1. The van der Waals surface area contributed by atoms with Gasteiger partial charge in [-0.25, -0.2) is 9.78 Å². The van der Waals surface area contributed by atoms with Gasteiger partial charge in [-0.3, -0.25) is 0 Å². The number of ether oxygens (including phenoxy) is 2. The van der Waals surface area contributed by atoms with Gasteiger partial charge in [0.05, 0.1) is 19.7 Å². The van der Waals surface area contributed by atoms with Crippen molar-refractivity contribution >= 4 is 16.9 Å². The van der Waals surface area contributed by atoms with E-state index in [-0.39, 0.29) is 0 Å². The molecule has 3 rings (SSSR count). The predicted molar refractivity (Wildman–Crippen MR) is 85.1 cm³/mol. The zero-order chi connectivity index (χ0) is 15.5. The van der Waals surface area contributed by atoms with Crippen LogP contribution in [0.25, 0.3) is 22.0 Å². The van der Waals surface area contributed by atoms with Crippen LogP contribution in [0.1, 0.15) is 10.5 Å². The highest BCUT2D eigenvalue weighted by Crippen LogP contribution is 2.31. The minimum Gasteiger partial charge on any atom is -0.497 e. The summed E-state index contributed by atoms with van der Waals surface area (Å²) in [6, 6.07) is 17.2. The Labute approximate surface area is 128 Å². The van der Waals surface area contributed by atoms with E-state index in [0.717, 1.165) is 27.8 Å². The Hall–Kier alpha value is -2.88. The molecule has 1 heterocycles. The van der Waals surface area contributed by atoms with Crippen molar-refractivity contribution in [1.82, 2.24) is 4.98 Å². The standard InChI is InChI=1S/C18H15NO3/c1-21-13-8-9-16-15(10-13)14(12-6-4-3-5-7-12)11-17(19-16)18(20)22-2/h3-11H,1-2H3. The molecule has 0 aliphatic rings. The maximum atomic E-state index is 11.9. The van der Waals surface area contributed by atoms with Gasteiger partial charge in [0.25, 0.3) is 0 Å². The second-order valence-electron chi connectivity index (χ2n) is 4.80. The Morgan fingerprint density at radius 1 is 1.00 bits per heavy atom. The number of pyridine rings is 1. The average Bonchev–Trinajstić information content (AvgIpc) is 2.60. The van der Waals surface area contributed by atoms with Crippen LogP contribution in [0.3, 0.4) is 0 Å². The number of esters is 1. The maximum Gasteiger partial charge on any atom is 0.356 e. The summed E-state index contributed by atoms with van der Waals surface area (Å²) < 4.78 is 10.1. The molecule has 0 saturated carbocycles. The van der Waals surface area contributed by atoms with Crippen molar-refractivity contribution in [3.63, 3.8) is 0 Å².